The minimum absolute atomic E-state index is 0.155. The normalized spacial score (nSPS) is 10.4. The molecule has 9 nitrogen and oxygen atoms in total. The first-order valence-corrected chi connectivity index (χ1v) is 10.5. The van der Waals surface area contributed by atoms with Crippen LogP contribution in [0.1, 0.15) is 10.4 Å². The van der Waals surface area contributed by atoms with Crippen molar-refractivity contribution in [2.75, 3.05) is 30.6 Å². The van der Waals surface area contributed by atoms with Gasteiger partial charge in [0.15, 0.2) is 9.47 Å². The molecule has 3 aromatic rings. The summed E-state index contributed by atoms with van der Waals surface area (Å²) in [6, 6.07) is 5.06. The highest BCUT2D eigenvalue weighted by atomic mass is 32.2. The molecular formula is C16H15N5O4S3. The Morgan fingerprint density at radius 3 is 2.50 bits per heavy atom. The summed E-state index contributed by atoms with van der Waals surface area (Å²) in [6.07, 6.45) is 1.61. The molecule has 0 fully saturated rings. The SMILES string of the molecule is COc1cccc(OC)c1C(=O)Nc1nnc(SCC(=O)Nc2nccs2)s1. The topological polar surface area (TPSA) is 115 Å². The zero-order valence-corrected chi connectivity index (χ0v) is 17.2. The number of hydrogen-bond acceptors (Lipinski definition) is 10. The van der Waals surface area contributed by atoms with E-state index in [4.69, 9.17) is 9.47 Å². The quantitative estimate of drug-likeness (QED) is 0.408. The minimum atomic E-state index is -0.427. The zero-order valence-electron chi connectivity index (χ0n) is 14.8. The Labute approximate surface area is 172 Å². The second kappa shape index (κ2) is 9.48. The number of aromatic nitrogens is 3. The Morgan fingerprint density at radius 2 is 1.86 bits per heavy atom. The molecule has 3 rings (SSSR count). The van der Waals surface area contributed by atoms with Gasteiger partial charge in [-0.1, -0.05) is 29.2 Å². The average molecular weight is 438 g/mol. The molecule has 2 aromatic heterocycles. The summed E-state index contributed by atoms with van der Waals surface area (Å²) in [5.74, 6) is 0.301. The third kappa shape index (κ3) is 4.97. The van der Waals surface area contributed by atoms with Gasteiger partial charge in [0.25, 0.3) is 5.91 Å². The van der Waals surface area contributed by atoms with Gasteiger partial charge in [-0.05, 0) is 12.1 Å². The first-order chi connectivity index (χ1) is 13.6. The number of thiazole rings is 1. The van der Waals surface area contributed by atoms with E-state index in [1.807, 2.05) is 0 Å². The molecule has 1 aromatic carbocycles. The standard InChI is InChI=1S/C16H15N5O4S3/c1-24-9-4-3-5-10(25-2)12(9)13(23)19-15-20-21-16(28-15)27-8-11(22)18-14-17-6-7-26-14/h3-7H,8H2,1-2H3,(H,17,18,22)(H,19,20,23). The van der Waals surface area contributed by atoms with E-state index >= 15 is 0 Å². The van der Waals surface area contributed by atoms with Crippen LogP contribution in [0, 0.1) is 0 Å². The molecule has 2 heterocycles. The van der Waals surface area contributed by atoms with Crippen LogP contribution in [-0.2, 0) is 4.79 Å². The molecule has 0 atom stereocenters. The van der Waals surface area contributed by atoms with Gasteiger partial charge in [0.05, 0.1) is 20.0 Å². The summed E-state index contributed by atoms with van der Waals surface area (Å²) in [4.78, 5) is 28.5. The Hall–Kier alpha value is -2.70. The highest BCUT2D eigenvalue weighted by Crippen LogP contribution is 2.30. The number of hydrogen-bond donors (Lipinski definition) is 2. The van der Waals surface area contributed by atoms with Crippen LogP contribution in [0.25, 0.3) is 0 Å². The summed E-state index contributed by atoms with van der Waals surface area (Å²) in [7, 11) is 2.95. The van der Waals surface area contributed by atoms with Crippen molar-refractivity contribution in [1.29, 1.82) is 0 Å². The molecule has 0 bridgehead atoms. The van der Waals surface area contributed by atoms with Gasteiger partial charge in [-0.3, -0.25) is 14.9 Å². The first kappa shape index (κ1) is 20.0. The fourth-order valence-electron chi connectivity index (χ4n) is 2.12. The van der Waals surface area contributed by atoms with Crippen LogP contribution < -0.4 is 20.1 Å². The second-order valence-electron chi connectivity index (χ2n) is 5.04. The summed E-state index contributed by atoms with van der Waals surface area (Å²) >= 11 is 3.73. The molecule has 0 radical (unpaired) electrons. The minimum Gasteiger partial charge on any atom is -0.496 e. The number of nitrogens with zero attached hydrogens (tertiary/aromatic N) is 3. The molecule has 0 aliphatic rings. The van der Waals surface area contributed by atoms with Crippen LogP contribution in [0.3, 0.4) is 0 Å². The van der Waals surface area contributed by atoms with Crippen LogP contribution >= 0.6 is 34.4 Å². The van der Waals surface area contributed by atoms with Crippen LogP contribution in [0.4, 0.5) is 10.3 Å². The number of thioether (sulfide) groups is 1. The van der Waals surface area contributed by atoms with Crippen LogP contribution in [-0.4, -0.2) is 47.0 Å². The van der Waals surface area contributed by atoms with Crippen LogP contribution in [0.5, 0.6) is 11.5 Å². The molecule has 2 N–H and O–H groups in total. The lowest BCUT2D eigenvalue weighted by Gasteiger charge is -2.11. The van der Waals surface area contributed by atoms with E-state index < -0.39 is 5.91 Å². The molecule has 0 unspecified atom stereocenters. The predicted molar refractivity (Wildman–Crippen MR) is 109 cm³/mol. The van der Waals surface area contributed by atoms with Gasteiger partial charge < -0.3 is 14.8 Å². The number of benzene rings is 1. The second-order valence-corrected chi connectivity index (χ2v) is 8.13. The van der Waals surface area contributed by atoms with Crippen molar-refractivity contribution >= 4 is 56.5 Å². The van der Waals surface area contributed by atoms with Gasteiger partial charge in [-0.2, -0.15) is 0 Å². The number of carbonyl (C=O) groups is 2. The molecule has 12 heteroatoms. The molecule has 0 aliphatic carbocycles. The predicted octanol–water partition coefficient (Wildman–Crippen LogP) is 2.99. The average Bonchev–Trinajstić information content (AvgIpc) is 3.37. The maximum Gasteiger partial charge on any atom is 0.265 e. The van der Waals surface area contributed by atoms with Crippen molar-refractivity contribution in [1.82, 2.24) is 15.2 Å². The van der Waals surface area contributed by atoms with Crippen LogP contribution in [0.15, 0.2) is 34.1 Å². The summed E-state index contributed by atoms with van der Waals surface area (Å²) in [5, 5.41) is 15.9. The van der Waals surface area contributed by atoms with Crippen molar-refractivity contribution in [2.45, 2.75) is 4.34 Å². The van der Waals surface area contributed by atoms with Gasteiger partial charge in [0.2, 0.25) is 11.0 Å². The van der Waals surface area contributed by atoms with Crippen LogP contribution in [0.2, 0.25) is 0 Å². The highest BCUT2D eigenvalue weighted by molar-refractivity contribution is 8.01. The number of rotatable bonds is 8. The molecule has 2 amide bonds. The van der Waals surface area contributed by atoms with E-state index in [-0.39, 0.29) is 17.2 Å². The van der Waals surface area contributed by atoms with Crippen molar-refractivity contribution in [3.05, 3.63) is 35.3 Å². The molecule has 146 valence electrons. The summed E-state index contributed by atoms with van der Waals surface area (Å²) in [6.45, 7) is 0. The van der Waals surface area contributed by atoms with E-state index in [2.05, 4.69) is 25.8 Å². The molecule has 0 saturated carbocycles. The van der Waals surface area contributed by atoms with Gasteiger partial charge >= 0.3 is 0 Å². The van der Waals surface area contributed by atoms with Crippen molar-refractivity contribution in [2.24, 2.45) is 0 Å². The molecule has 28 heavy (non-hydrogen) atoms. The number of nitrogens with one attached hydrogen (secondary N) is 2. The Balaban J connectivity index is 1.60. The smallest absolute Gasteiger partial charge is 0.265 e. The monoisotopic (exact) mass is 437 g/mol. The number of amides is 2. The van der Waals surface area contributed by atoms with Gasteiger partial charge in [-0.25, -0.2) is 4.98 Å². The molecule has 0 spiro atoms. The number of methoxy groups -OCH3 is 2. The first-order valence-electron chi connectivity index (χ1n) is 7.78. The largest absolute Gasteiger partial charge is 0.496 e. The lowest BCUT2D eigenvalue weighted by Crippen LogP contribution is -2.14. The number of anilines is 2. The number of ether oxygens (including phenoxy) is 2. The van der Waals surface area contributed by atoms with Gasteiger partial charge in [-0.15, -0.1) is 21.5 Å². The van der Waals surface area contributed by atoms with Crippen molar-refractivity contribution in [3.8, 4) is 11.5 Å². The maximum atomic E-state index is 12.6. The van der Waals surface area contributed by atoms with E-state index in [1.54, 1.807) is 29.8 Å². The molecule has 0 aliphatic heterocycles. The van der Waals surface area contributed by atoms with Crippen molar-refractivity contribution in [3.63, 3.8) is 0 Å². The lowest BCUT2D eigenvalue weighted by atomic mass is 10.1. The highest BCUT2D eigenvalue weighted by Gasteiger charge is 2.20. The molecular weight excluding hydrogens is 422 g/mol. The fraction of sp³-hybridized carbons (Fsp3) is 0.188. The Bertz CT molecular complexity index is 939. The lowest BCUT2D eigenvalue weighted by molar-refractivity contribution is -0.113. The molecule has 0 saturated heterocycles. The fourth-order valence-corrected chi connectivity index (χ4v) is 4.21. The Morgan fingerprint density at radius 1 is 1.11 bits per heavy atom. The third-order valence-electron chi connectivity index (χ3n) is 3.29. The van der Waals surface area contributed by atoms with E-state index in [1.165, 1.54) is 48.7 Å². The van der Waals surface area contributed by atoms with E-state index in [0.717, 1.165) is 0 Å². The third-order valence-corrected chi connectivity index (χ3v) is 5.95. The summed E-state index contributed by atoms with van der Waals surface area (Å²) < 4.78 is 11.0. The van der Waals surface area contributed by atoms with E-state index in [0.29, 0.717) is 26.1 Å². The number of carbonyl (C=O) groups excluding carboxylic acids is 2. The summed E-state index contributed by atoms with van der Waals surface area (Å²) in [5.41, 5.74) is 0.264. The zero-order chi connectivity index (χ0) is 19.9. The van der Waals surface area contributed by atoms with E-state index in [9.17, 15) is 9.59 Å². The van der Waals surface area contributed by atoms with Crippen molar-refractivity contribution < 1.29 is 19.1 Å². The Kier molecular flexibility index (Phi) is 6.79. The van der Waals surface area contributed by atoms with Gasteiger partial charge in [0, 0.05) is 11.6 Å². The van der Waals surface area contributed by atoms with Gasteiger partial charge in [0.1, 0.15) is 17.1 Å². The maximum absolute atomic E-state index is 12.6.